The highest BCUT2D eigenvalue weighted by atomic mass is 35.5. The monoisotopic (exact) mass is 293 g/mol. The van der Waals surface area contributed by atoms with Gasteiger partial charge in [-0.1, -0.05) is 17.7 Å². The van der Waals surface area contributed by atoms with Crippen LogP contribution in [0.1, 0.15) is 5.56 Å². The van der Waals surface area contributed by atoms with Gasteiger partial charge in [-0.15, -0.1) is 0 Å². The molecule has 0 atom stereocenters. The lowest BCUT2D eigenvalue weighted by Crippen LogP contribution is -1.97. The number of fused-ring (bicyclic) bond motifs is 1. The van der Waals surface area contributed by atoms with Crippen molar-refractivity contribution in [3.05, 3.63) is 40.4 Å². The molecule has 2 heterocycles. The van der Waals surface area contributed by atoms with Gasteiger partial charge in [-0.05, 0) is 36.2 Å². The lowest BCUT2D eigenvalue weighted by atomic mass is 10.2. The van der Waals surface area contributed by atoms with Crippen molar-refractivity contribution in [1.29, 1.82) is 0 Å². The largest absolute Gasteiger partial charge is 0.340 e. The molecule has 0 spiro atoms. The molecule has 0 amide bonds. The zero-order valence-electron chi connectivity index (χ0n) is 9.91. The van der Waals surface area contributed by atoms with E-state index >= 15 is 0 Å². The Morgan fingerprint density at radius 2 is 2.05 bits per heavy atom. The predicted octanol–water partition coefficient (Wildman–Crippen LogP) is 3.71. The highest BCUT2D eigenvalue weighted by Gasteiger charge is 2.09. The molecule has 0 bridgehead atoms. The zero-order chi connectivity index (χ0) is 13.4. The number of rotatable bonds is 2. The minimum atomic E-state index is 0.139. The zero-order valence-corrected chi connectivity index (χ0v) is 11.4. The van der Waals surface area contributed by atoms with Gasteiger partial charge in [-0.2, -0.15) is 9.97 Å². The Labute approximate surface area is 119 Å². The fourth-order valence-corrected chi connectivity index (χ4v) is 2.05. The number of halogens is 2. The minimum absolute atomic E-state index is 0.139. The normalized spacial score (nSPS) is 10.9. The maximum Gasteiger partial charge on any atom is 0.226 e. The van der Waals surface area contributed by atoms with Gasteiger partial charge in [0.15, 0.2) is 11.5 Å². The van der Waals surface area contributed by atoms with Crippen LogP contribution in [0, 0.1) is 6.92 Å². The number of nitrogens with zero attached hydrogens (tertiary/aromatic N) is 3. The number of anilines is 2. The summed E-state index contributed by atoms with van der Waals surface area (Å²) in [5, 5.41) is 3.98. The fourth-order valence-electron chi connectivity index (χ4n) is 1.70. The molecule has 5 nitrogen and oxygen atoms in total. The van der Waals surface area contributed by atoms with Crippen LogP contribution in [0.25, 0.3) is 11.2 Å². The van der Waals surface area contributed by atoms with Crippen LogP contribution in [0.2, 0.25) is 10.3 Å². The van der Waals surface area contributed by atoms with Crippen molar-refractivity contribution in [2.24, 2.45) is 0 Å². The fraction of sp³-hybridized carbons (Fsp3) is 0.0833. The highest BCUT2D eigenvalue weighted by molar-refractivity contribution is 6.31. The van der Waals surface area contributed by atoms with E-state index in [4.69, 9.17) is 23.2 Å². The van der Waals surface area contributed by atoms with Crippen LogP contribution < -0.4 is 5.32 Å². The molecule has 0 aliphatic rings. The van der Waals surface area contributed by atoms with Crippen molar-refractivity contribution in [3.63, 3.8) is 0 Å². The summed E-state index contributed by atoms with van der Waals surface area (Å²) in [6.07, 6.45) is 1.54. The van der Waals surface area contributed by atoms with Crippen LogP contribution in [-0.4, -0.2) is 19.9 Å². The van der Waals surface area contributed by atoms with E-state index in [9.17, 15) is 0 Å². The van der Waals surface area contributed by atoms with E-state index in [1.165, 1.54) is 0 Å². The summed E-state index contributed by atoms with van der Waals surface area (Å²) < 4.78 is 0. The molecule has 2 N–H and O–H groups in total. The van der Waals surface area contributed by atoms with Gasteiger partial charge in [0.25, 0.3) is 0 Å². The third kappa shape index (κ3) is 2.34. The van der Waals surface area contributed by atoms with E-state index < -0.39 is 0 Å². The summed E-state index contributed by atoms with van der Waals surface area (Å²) in [7, 11) is 0. The average molecular weight is 294 g/mol. The molecule has 0 saturated heterocycles. The van der Waals surface area contributed by atoms with Crippen LogP contribution in [0.15, 0.2) is 24.5 Å². The van der Waals surface area contributed by atoms with E-state index in [-0.39, 0.29) is 5.28 Å². The van der Waals surface area contributed by atoms with E-state index in [1.807, 2.05) is 25.1 Å². The number of hydrogen-bond acceptors (Lipinski definition) is 4. The van der Waals surface area contributed by atoms with Gasteiger partial charge >= 0.3 is 0 Å². The smallest absolute Gasteiger partial charge is 0.226 e. The average Bonchev–Trinajstić information content (AvgIpc) is 2.82. The van der Waals surface area contributed by atoms with Crippen molar-refractivity contribution in [1.82, 2.24) is 19.9 Å². The van der Waals surface area contributed by atoms with Crippen LogP contribution in [0.5, 0.6) is 0 Å². The number of H-pyrrole nitrogens is 1. The van der Waals surface area contributed by atoms with Crippen LogP contribution in [0.3, 0.4) is 0 Å². The lowest BCUT2D eigenvalue weighted by Gasteiger charge is -2.08. The Morgan fingerprint density at radius 1 is 1.21 bits per heavy atom. The third-order valence-corrected chi connectivity index (χ3v) is 3.27. The van der Waals surface area contributed by atoms with Gasteiger partial charge in [0.05, 0.1) is 6.33 Å². The molecule has 3 aromatic rings. The number of imidazole rings is 1. The second-order valence-corrected chi connectivity index (χ2v) is 4.78. The molecule has 19 heavy (non-hydrogen) atoms. The molecule has 0 unspecified atom stereocenters. The first-order valence-corrected chi connectivity index (χ1v) is 6.29. The van der Waals surface area contributed by atoms with Crippen LogP contribution in [-0.2, 0) is 0 Å². The number of aryl methyl sites for hydroxylation is 1. The first-order valence-electron chi connectivity index (χ1n) is 5.53. The quantitative estimate of drug-likeness (QED) is 0.707. The molecule has 96 valence electrons. The maximum atomic E-state index is 6.09. The SMILES string of the molecule is Cc1ccc(Nc2nc(Cl)nc3nc[nH]c23)cc1Cl. The first kappa shape index (κ1) is 12.2. The highest BCUT2D eigenvalue weighted by Crippen LogP contribution is 2.25. The summed E-state index contributed by atoms with van der Waals surface area (Å²) in [5.74, 6) is 0.562. The number of hydrogen-bond donors (Lipinski definition) is 2. The molecule has 7 heteroatoms. The summed E-state index contributed by atoms with van der Waals surface area (Å²) in [6.45, 7) is 1.95. The molecule has 0 fully saturated rings. The topological polar surface area (TPSA) is 66.5 Å². The molecular weight excluding hydrogens is 285 g/mol. The Morgan fingerprint density at radius 3 is 2.84 bits per heavy atom. The third-order valence-electron chi connectivity index (χ3n) is 2.69. The van der Waals surface area contributed by atoms with Crippen molar-refractivity contribution in [2.45, 2.75) is 6.92 Å². The van der Waals surface area contributed by atoms with Gasteiger partial charge in [0, 0.05) is 10.7 Å². The molecule has 1 aromatic carbocycles. The molecule has 0 saturated carbocycles. The number of benzene rings is 1. The van der Waals surface area contributed by atoms with Crippen molar-refractivity contribution >= 4 is 45.9 Å². The summed E-state index contributed by atoms with van der Waals surface area (Å²) >= 11 is 12.0. The summed E-state index contributed by atoms with van der Waals surface area (Å²) in [6, 6.07) is 5.67. The molecule has 0 aliphatic carbocycles. The first-order chi connectivity index (χ1) is 9.13. The second-order valence-electron chi connectivity index (χ2n) is 4.03. The van der Waals surface area contributed by atoms with Gasteiger partial charge < -0.3 is 10.3 Å². The Bertz CT molecular complexity index is 753. The van der Waals surface area contributed by atoms with Crippen molar-refractivity contribution in [3.8, 4) is 0 Å². The van der Waals surface area contributed by atoms with Crippen LogP contribution >= 0.6 is 23.2 Å². The van der Waals surface area contributed by atoms with E-state index in [0.717, 1.165) is 11.3 Å². The summed E-state index contributed by atoms with van der Waals surface area (Å²) in [5.41, 5.74) is 3.04. The molecule has 0 radical (unpaired) electrons. The van der Waals surface area contributed by atoms with Gasteiger partial charge in [0.1, 0.15) is 5.52 Å². The predicted molar refractivity (Wildman–Crippen MR) is 76.2 cm³/mol. The number of aromatic nitrogens is 4. The van der Waals surface area contributed by atoms with E-state index in [0.29, 0.717) is 22.0 Å². The van der Waals surface area contributed by atoms with Crippen molar-refractivity contribution < 1.29 is 0 Å². The van der Waals surface area contributed by atoms with Gasteiger partial charge in [0.2, 0.25) is 5.28 Å². The molecular formula is C12H9Cl2N5. The number of nitrogens with one attached hydrogen (secondary N) is 2. The van der Waals surface area contributed by atoms with Gasteiger partial charge in [-0.25, -0.2) is 4.98 Å². The van der Waals surface area contributed by atoms with Crippen LogP contribution in [0.4, 0.5) is 11.5 Å². The molecule has 3 rings (SSSR count). The Hall–Kier alpha value is -1.85. The van der Waals surface area contributed by atoms with Crippen molar-refractivity contribution in [2.75, 3.05) is 5.32 Å². The molecule has 2 aromatic heterocycles. The standard InChI is InChI=1S/C12H9Cl2N5/c1-6-2-3-7(4-8(6)13)17-11-9-10(16-5-15-9)18-12(14)19-11/h2-5H,1H3,(H2,15,16,17,18,19). The maximum absolute atomic E-state index is 6.09. The number of aromatic amines is 1. The Balaban J connectivity index is 2.04. The second kappa shape index (κ2) is 4.68. The van der Waals surface area contributed by atoms with Gasteiger partial charge in [-0.3, -0.25) is 0 Å². The Kier molecular flexibility index (Phi) is 3.00. The molecule has 0 aliphatic heterocycles. The lowest BCUT2D eigenvalue weighted by molar-refractivity contribution is 1.20. The summed E-state index contributed by atoms with van der Waals surface area (Å²) in [4.78, 5) is 15.2. The van der Waals surface area contributed by atoms with E-state index in [2.05, 4.69) is 25.3 Å². The minimum Gasteiger partial charge on any atom is -0.340 e. The van der Waals surface area contributed by atoms with E-state index in [1.54, 1.807) is 6.33 Å².